The van der Waals surface area contributed by atoms with Crippen LogP contribution in [0.2, 0.25) is 0 Å². The Morgan fingerprint density at radius 2 is 2.07 bits per heavy atom. The van der Waals surface area contributed by atoms with E-state index in [0.29, 0.717) is 0 Å². The third-order valence-electron chi connectivity index (χ3n) is 1.97. The molecular formula is C12H16N2. The van der Waals surface area contributed by atoms with Crippen molar-refractivity contribution in [2.75, 3.05) is 6.54 Å². The highest BCUT2D eigenvalue weighted by Crippen LogP contribution is 2.02. The number of aliphatic imine (C=N–C) groups is 1. The van der Waals surface area contributed by atoms with Gasteiger partial charge in [0.2, 0.25) is 0 Å². The Labute approximate surface area is 85.6 Å². The molecule has 1 aromatic carbocycles. The average Bonchev–Trinajstić information content (AvgIpc) is 2.25. The molecule has 0 saturated carbocycles. The molecule has 0 radical (unpaired) electrons. The largest absolute Gasteiger partial charge is 0.359 e. The second-order valence-corrected chi connectivity index (χ2v) is 3.00. The molecule has 0 bridgehead atoms. The van der Waals surface area contributed by atoms with Crippen molar-refractivity contribution in [1.29, 1.82) is 0 Å². The summed E-state index contributed by atoms with van der Waals surface area (Å²) in [6.07, 6.45) is 3.37. The summed E-state index contributed by atoms with van der Waals surface area (Å²) in [5, 5.41) is 0. The van der Waals surface area contributed by atoms with Crippen LogP contribution in [0.4, 0.5) is 0 Å². The second-order valence-electron chi connectivity index (χ2n) is 3.00. The quantitative estimate of drug-likeness (QED) is 0.512. The summed E-state index contributed by atoms with van der Waals surface area (Å²) >= 11 is 0. The number of hydrogen-bond acceptors (Lipinski definition) is 1. The lowest BCUT2D eigenvalue weighted by atomic mass is 10.2. The van der Waals surface area contributed by atoms with Crippen molar-refractivity contribution in [3.63, 3.8) is 0 Å². The minimum absolute atomic E-state index is 0.898. The van der Waals surface area contributed by atoms with Crippen LogP contribution in [0.25, 0.3) is 0 Å². The predicted molar refractivity (Wildman–Crippen MR) is 61.2 cm³/mol. The van der Waals surface area contributed by atoms with E-state index < -0.39 is 0 Å². The molecule has 74 valence electrons. The van der Waals surface area contributed by atoms with Gasteiger partial charge in [-0.25, -0.2) is 4.99 Å². The van der Waals surface area contributed by atoms with Gasteiger partial charge in [0.25, 0.3) is 0 Å². The van der Waals surface area contributed by atoms with Crippen LogP contribution < -0.4 is 0 Å². The Hall–Kier alpha value is -1.57. The van der Waals surface area contributed by atoms with E-state index in [9.17, 15) is 0 Å². The molecule has 0 aliphatic rings. The predicted octanol–water partition coefficient (Wildman–Crippen LogP) is 2.68. The third-order valence-corrected chi connectivity index (χ3v) is 1.97. The molecule has 0 aliphatic heterocycles. The maximum Gasteiger partial charge on any atom is 0.0907 e. The van der Waals surface area contributed by atoms with Crippen molar-refractivity contribution in [2.45, 2.75) is 13.5 Å². The maximum absolute atomic E-state index is 4.00. The highest BCUT2D eigenvalue weighted by atomic mass is 15.1. The van der Waals surface area contributed by atoms with Gasteiger partial charge in [0.1, 0.15) is 0 Å². The molecule has 0 spiro atoms. The Morgan fingerprint density at radius 1 is 1.36 bits per heavy atom. The van der Waals surface area contributed by atoms with Gasteiger partial charge < -0.3 is 4.90 Å². The fraction of sp³-hybridized carbons (Fsp3) is 0.250. The molecule has 0 N–H and O–H groups in total. The lowest BCUT2D eigenvalue weighted by Gasteiger charge is -2.16. The minimum Gasteiger partial charge on any atom is -0.359 e. The first-order valence-corrected chi connectivity index (χ1v) is 4.79. The van der Waals surface area contributed by atoms with Crippen LogP contribution in [0, 0.1) is 0 Å². The van der Waals surface area contributed by atoms with Gasteiger partial charge in [-0.3, -0.25) is 0 Å². The molecule has 0 unspecified atom stereocenters. The minimum atomic E-state index is 0.898. The SMILES string of the molecule is C=CN=CN(CC)Cc1ccccc1. The number of hydrogen-bond donors (Lipinski definition) is 0. The lowest BCUT2D eigenvalue weighted by molar-refractivity contribution is 0.448. The standard InChI is InChI=1S/C12H16N2/c1-3-13-11-14(4-2)10-12-8-6-5-7-9-12/h3,5-9,11H,1,4,10H2,2H3. The summed E-state index contributed by atoms with van der Waals surface area (Å²) in [5.74, 6) is 0. The number of benzene rings is 1. The summed E-state index contributed by atoms with van der Waals surface area (Å²) in [4.78, 5) is 6.14. The molecule has 0 aromatic heterocycles. The Morgan fingerprint density at radius 3 is 2.64 bits per heavy atom. The van der Waals surface area contributed by atoms with Gasteiger partial charge >= 0.3 is 0 Å². The molecule has 14 heavy (non-hydrogen) atoms. The van der Waals surface area contributed by atoms with E-state index in [-0.39, 0.29) is 0 Å². The van der Waals surface area contributed by atoms with Crippen molar-refractivity contribution >= 4 is 6.34 Å². The van der Waals surface area contributed by atoms with Gasteiger partial charge in [0, 0.05) is 19.3 Å². The van der Waals surface area contributed by atoms with E-state index in [4.69, 9.17) is 0 Å². The van der Waals surface area contributed by atoms with Crippen LogP contribution >= 0.6 is 0 Å². The molecule has 2 nitrogen and oxygen atoms in total. The molecule has 1 rings (SSSR count). The lowest BCUT2D eigenvalue weighted by Crippen LogP contribution is -2.20. The summed E-state index contributed by atoms with van der Waals surface area (Å²) in [7, 11) is 0. The van der Waals surface area contributed by atoms with Gasteiger partial charge in [0.15, 0.2) is 0 Å². The fourth-order valence-electron chi connectivity index (χ4n) is 1.19. The molecule has 0 atom stereocenters. The van der Waals surface area contributed by atoms with E-state index in [1.807, 2.05) is 24.5 Å². The highest BCUT2D eigenvalue weighted by molar-refractivity contribution is 5.55. The van der Waals surface area contributed by atoms with Crippen LogP contribution in [0.15, 0.2) is 48.1 Å². The monoisotopic (exact) mass is 188 g/mol. The third kappa shape index (κ3) is 3.44. The molecule has 0 saturated heterocycles. The highest BCUT2D eigenvalue weighted by Gasteiger charge is 1.97. The zero-order chi connectivity index (χ0) is 10.2. The van der Waals surface area contributed by atoms with Gasteiger partial charge in [-0.1, -0.05) is 36.9 Å². The average molecular weight is 188 g/mol. The van der Waals surface area contributed by atoms with Crippen LogP contribution in [-0.2, 0) is 6.54 Å². The van der Waals surface area contributed by atoms with Crippen LogP contribution in [-0.4, -0.2) is 17.8 Å². The first kappa shape index (κ1) is 10.5. The Balaban J connectivity index is 2.57. The molecular weight excluding hydrogens is 172 g/mol. The van der Waals surface area contributed by atoms with Crippen molar-refractivity contribution < 1.29 is 0 Å². The van der Waals surface area contributed by atoms with Gasteiger partial charge in [-0.2, -0.15) is 0 Å². The Kier molecular flexibility index (Phi) is 4.48. The number of nitrogens with zero attached hydrogens (tertiary/aromatic N) is 2. The van der Waals surface area contributed by atoms with E-state index in [0.717, 1.165) is 13.1 Å². The van der Waals surface area contributed by atoms with E-state index >= 15 is 0 Å². The molecule has 0 heterocycles. The molecule has 1 aromatic rings. The molecule has 0 amide bonds. The molecule has 0 aliphatic carbocycles. The summed E-state index contributed by atoms with van der Waals surface area (Å²) < 4.78 is 0. The van der Waals surface area contributed by atoms with Crippen molar-refractivity contribution in [1.82, 2.24) is 4.90 Å². The molecule has 2 heteroatoms. The first-order chi connectivity index (χ1) is 6.86. The van der Waals surface area contributed by atoms with E-state index in [2.05, 4.69) is 35.5 Å². The van der Waals surface area contributed by atoms with Crippen molar-refractivity contribution in [3.05, 3.63) is 48.7 Å². The van der Waals surface area contributed by atoms with Gasteiger partial charge in [-0.05, 0) is 12.5 Å². The topological polar surface area (TPSA) is 15.6 Å². The zero-order valence-electron chi connectivity index (χ0n) is 8.56. The smallest absolute Gasteiger partial charge is 0.0907 e. The van der Waals surface area contributed by atoms with Crippen molar-refractivity contribution in [2.24, 2.45) is 4.99 Å². The van der Waals surface area contributed by atoms with Gasteiger partial charge in [-0.15, -0.1) is 0 Å². The summed E-state index contributed by atoms with van der Waals surface area (Å²) in [5.41, 5.74) is 1.30. The fourth-order valence-corrected chi connectivity index (χ4v) is 1.19. The van der Waals surface area contributed by atoms with Crippen LogP contribution in [0.5, 0.6) is 0 Å². The van der Waals surface area contributed by atoms with Crippen LogP contribution in [0.3, 0.4) is 0 Å². The van der Waals surface area contributed by atoms with Gasteiger partial charge in [0.05, 0.1) is 6.34 Å². The number of rotatable bonds is 5. The molecule has 0 fully saturated rings. The maximum atomic E-state index is 4.00. The van der Waals surface area contributed by atoms with Crippen molar-refractivity contribution in [3.8, 4) is 0 Å². The zero-order valence-corrected chi connectivity index (χ0v) is 8.56. The summed E-state index contributed by atoms with van der Waals surface area (Å²) in [6.45, 7) is 7.51. The Bertz CT molecular complexity index is 290. The normalized spacial score (nSPS) is 10.4. The van der Waals surface area contributed by atoms with Crippen LogP contribution in [0.1, 0.15) is 12.5 Å². The van der Waals surface area contributed by atoms with E-state index in [1.54, 1.807) is 6.20 Å². The van der Waals surface area contributed by atoms with E-state index in [1.165, 1.54) is 5.56 Å². The second kappa shape index (κ2) is 5.97. The first-order valence-electron chi connectivity index (χ1n) is 4.79. The summed E-state index contributed by atoms with van der Waals surface area (Å²) in [6, 6.07) is 10.4.